The van der Waals surface area contributed by atoms with E-state index >= 15 is 0 Å². The Morgan fingerprint density at radius 1 is 1.39 bits per heavy atom. The van der Waals surface area contributed by atoms with Crippen LogP contribution in [0, 0.1) is 0 Å². The molecule has 1 aromatic rings. The maximum absolute atomic E-state index is 11.8. The maximum atomic E-state index is 11.8. The third-order valence-corrected chi connectivity index (χ3v) is 2.36. The zero-order valence-corrected chi connectivity index (χ0v) is 10.7. The lowest BCUT2D eigenvalue weighted by Crippen LogP contribution is -2.22. The first-order valence-corrected chi connectivity index (χ1v) is 5.50. The van der Waals surface area contributed by atoms with Crippen LogP contribution in [0.3, 0.4) is 0 Å². The van der Waals surface area contributed by atoms with Crippen molar-refractivity contribution in [1.82, 2.24) is 4.90 Å². The van der Waals surface area contributed by atoms with Crippen LogP contribution in [0.2, 0.25) is 0 Å². The van der Waals surface area contributed by atoms with Crippen LogP contribution in [0.1, 0.15) is 23.7 Å². The van der Waals surface area contributed by atoms with Gasteiger partial charge in [-0.05, 0) is 12.1 Å². The molecular formula is C12H17N3O3. The van der Waals surface area contributed by atoms with Crippen molar-refractivity contribution in [3.63, 3.8) is 0 Å². The summed E-state index contributed by atoms with van der Waals surface area (Å²) in [7, 11) is 3.13. The van der Waals surface area contributed by atoms with Crippen LogP contribution < -0.4 is 11.1 Å². The lowest BCUT2D eigenvalue weighted by molar-refractivity contribution is -0.115. The van der Waals surface area contributed by atoms with Gasteiger partial charge in [0.1, 0.15) is 0 Å². The van der Waals surface area contributed by atoms with E-state index in [1.54, 1.807) is 21.0 Å². The Morgan fingerprint density at radius 3 is 2.50 bits per heavy atom. The fourth-order valence-electron chi connectivity index (χ4n) is 1.39. The Hall–Kier alpha value is -2.24. The molecular weight excluding hydrogens is 234 g/mol. The maximum Gasteiger partial charge on any atom is 0.257 e. The van der Waals surface area contributed by atoms with E-state index in [0.717, 1.165) is 0 Å². The van der Waals surface area contributed by atoms with Gasteiger partial charge in [0.15, 0.2) is 5.75 Å². The van der Waals surface area contributed by atoms with Crippen molar-refractivity contribution in [2.24, 2.45) is 0 Å². The Kier molecular flexibility index (Phi) is 4.14. The number of hydrogen-bond donors (Lipinski definition) is 3. The van der Waals surface area contributed by atoms with E-state index in [9.17, 15) is 14.7 Å². The summed E-state index contributed by atoms with van der Waals surface area (Å²) in [6.07, 6.45) is 0.269. The van der Waals surface area contributed by atoms with Gasteiger partial charge in [-0.25, -0.2) is 0 Å². The Bertz CT molecular complexity index is 484. The fourth-order valence-corrected chi connectivity index (χ4v) is 1.39. The molecule has 0 fully saturated rings. The monoisotopic (exact) mass is 251 g/mol. The van der Waals surface area contributed by atoms with E-state index in [1.807, 2.05) is 0 Å². The predicted octanol–water partition coefficient (Wildman–Crippen LogP) is 1.02. The van der Waals surface area contributed by atoms with E-state index in [-0.39, 0.29) is 35.2 Å². The van der Waals surface area contributed by atoms with Crippen LogP contribution in [0.5, 0.6) is 5.75 Å². The highest BCUT2D eigenvalue weighted by molar-refractivity contribution is 6.02. The number of rotatable bonds is 3. The van der Waals surface area contributed by atoms with Crippen molar-refractivity contribution in [2.45, 2.75) is 13.3 Å². The van der Waals surface area contributed by atoms with Crippen LogP contribution in [0.4, 0.5) is 11.4 Å². The van der Waals surface area contributed by atoms with Crippen molar-refractivity contribution in [2.75, 3.05) is 25.1 Å². The van der Waals surface area contributed by atoms with Gasteiger partial charge in [0.2, 0.25) is 5.91 Å². The zero-order chi connectivity index (χ0) is 13.9. The van der Waals surface area contributed by atoms with Crippen LogP contribution in [0.15, 0.2) is 12.1 Å². The number of benzene rings is 1. The molecule has 98 valence electrons. The molecule has 0 spiro atoms. The van der Waals surface area contributed by atoms with Gasteiger partial charge >= 0.3 is 0 Å². The SMILES string of the molecule is CCC(=O)Nc1cc(N)cc(C(=O)N(C)C)c1O. The van der Waals surface area contributed by atoms with Crippen LogP contribution >= 0.6 is 0 Å². The predicted molar refractivity (Wildman–Crippen MR) is 69.5 cm³/mol. The molecule has 0 aliphatic heterocycles. The summed E-state index contributed by atoms with van der Waals surface area (Å²) in [4.78, 5) is 24.4. The minimum Gasteiger partial charge on any atom is -0.505 e. The summed E-state index contributed by atoms with van der Waals surface area (Å²) in [5.41, 5.74) is 6.15. The number of aromatic hydroxyl groups is 1. The Balaban J connectivity index is 3.22. The highest BCUT2D eigenvalue weighted by Gasteiger charge is 2.18. The van der Waals surface area contributed by atoms with Gasteiger partial charge in [-0.3, -0.25) is 9.59 Å². The number of phenolic OH excluding ortho intramolecular Hbond substituents is 1. The van der Waals surface area contributed by atoms with Gasteiger partial charge < -0.3 is 21.1 Å². The first kappa shape index (κ1) is 13.8. The molecule has 0 heterocycles. The molecule has 0 aromatic heterocycles. The summed E-state index contributed by atoms with van der Waals surface area (Å²) in [5, 5.41) is 12.5. The highest BCUT2D eigenvalue weighted by Crippen LogP contribution is 2.31. The molecule has 2 amide bonds. The number of hydrogen-bond acceptors (Lipinski definition) is 4. The van der Waals surface area contributed by atoms with Gasteiger partial charge in [0.25, 0.3) is 5.91 Å². The van der Waals surface area contributed by atoms with Crippen molar-refractivity contribution in [3.05, 3.63) is 17.7 Å². The third kappa shape index (κ3) is 2.91. The lowest BCUT2D eigenvalue weighted by Gasteiger charge is -2.15. The Morgan fingerprint density at radius 2 is 2.00 bits per heavy atom. The smallest absolute Gasteiger partial charge is 0.257 e. The molecule has 0 saturated heterocycles. The van der Waals surface area contributed by atoms with E-state index in [0.29, 0.717) is 5.69 Å². The molecule has 0 aliphatic carbocycles. The molecule has 6 nitrogen and oxygen atoms in total. The number of nitrogens with zero attached hydrogens (tertiary/aromatic N) is 1. The number of anilines is 2. The van der Waals surface area contributed by atoms with Crippen molar-refractivity contribution in [1.29, 1.82) is 0 Å². The molecule has 0 atom stereocenters. The second kappa shape index (κ2) is 5.39. The molecule has 18 heavy (non-hydrogen) atoms. The van der Waals surface area contributed by atoms with Gasteiger partial charge in [0, 0.05) is 26.2 Å². The highest BCUT2D eigenvalue weighted by atomic mass is 16.3. The summed E-state index contributed by atoms with van der Waals surface area (Å²) in [6.45, 7) is 1.69. The van der Waals surface area contributed by atoms with E-state index in [2.05, 4.69) is 5.32 Å². The molecule has 6 heteroatoms. The average Bonchev–Trinajstić information content (AvgIpc) is 2.32. The van der Waals surface area contributed by atoms with Crippen LogP contribution in [0.25, 0.3) is 0 Å². The molecule has 0 bridgehead atoms. The van der Waals surface area contributed by atoms with Gasteiger partial charge in [-0.2, -0.15) is 0 Å². The van der Waals surface area contributed by atoms with E-state index in [4.69, 9.17) is 5.73 Å². The largest absolute Gasteiger partial charge is 0.505 e. The fraction of sp³-hybridized carbons (Fsp3) is 0.333. The second-order valence-corrected chi connectivity index (χ2v) is 4.07. The first-order chi connectivity index (χ1) is 8.36. The van der Waals surface area contributed by atoms with Crippen LogP contribution in [-0.4, -0.2) is 35.9 Å². The average molecular weight is 251 g/mol. The second-order valence-electron chi connectivity index (χ2n) is 4.07. The van der Waals surface area contributed by atoms with Gasteiger partial charge in [0.05, 0.1) is 11.3 Å². The first-order valence-electron chi connectivity index (χ1n) is 5.50. The quantitative estimate of drug-likeness (QED) is 0.424. The number of nitrogens with two attached hydrogens (primary N) is 1. The normalized spacial score (nSPS) is 9.94. The van der Waals surface area contributed by atoms with Crippen molar-refractivity contribution < 1.29 is 14.7 Å². The lowest BCUT2D eigenvalue weighted by atomic mass is 10.1. The van der Waals surface area contributed by atoms with Crippen molar-refractivity contribution >= 4 is 23.2 Å². The summed E-state index contributed by atoms with van der Waals surface area (Å²) >= 11 is 0. The number of carbonyl (C=O) groups is 2. The molecule has 0 unspecified atom stereocenters. The topological polar surface area (TPSA) is 95.7 Å². The standard InChI is InChI=1S/C12H17N3O3/c1-4-10(16)14-9-6-7(13)5-8(11(9)17)12(18)15(2)3/h5-6,17H,4,13H2,1-3H3,(H,14,16). The molecule has 0 aliphatic rings. The minimum atomic E-state index is -0.383. The number of amides is 2. The van der Waals surface area contributed by atoms with Gasteiger partial charge in [-0.1, -0.05) is 6.92 Å². The van der Waals surface area contributed by atoms with Gasteiger partial charge in [-0.15, -0.1) is 0 Å². The molecule has 0 saturated carbocycles. The third-order valence-electron chi connectivity index (χ3n) is 2.36. The van der Waals surface area contributed by atoms with Crippen molar-refractivity contribution in [3.8, 4) is 5.75 Å². The minimum absolute atomic E-state index is 0.0615. The van der Waals surface area contributed by atoms with E-state index in [1.165, 1.54) is 17.0 Å². The summed E-state index contributed by atoms with van der Waals surface area (Å²) in [6, 6.07) is 2.79. The van der Waals surface area contributed by atoms with Crippen LogP contribution in [-0.2, 0) is 4.79 Å². The van der Waals surface area contributed by atoms with E-state index < -0.39 is 0 Å². The number of nitrogens with one attached hydrogen (secondary N) is 1. The molecule has 1 rings (SSSR count). The molecule has 0 radical (unpaired) electrons. The number of phenols is 1. The molecule has 1 aromatic carbocycles. The Labute approximate surface area is 105 Å². The summed E-state index contributed by atoms with van der Waals surface area (Å²) < 4.78 is 0. The zero-order valence-electron chi connectivity index (χ0n) is 10.7. The molecule has 4 N–H and O–H groups in total. The number of nitrogen functional groups attached to an aromatic ring is 1. The number of carbonyl (C=O) groups excluding carboxylic acids is 2. The summed E-state index contributed by atoms with van der Waals surface area (Å²) in [5.74, 6) is -0.921.